The highest BCUT2D eigenvalue weighted by Gasteiger charge is 2.13. The lowest BCUT2D eigenvalue weighted by Crippen LogP contribution is -2.14. The van der Waals surface area contributed by atoms with Crippen LogP contribution in [0.1, 0.15) is 10.4 Å². The second kappa shape index (κ2) is 10.6. The van der Waals surface area contributed by atoms with Gasteiger partial charge in [-0.15, -0.1) is 23.1 Å². The molecule has 166 valence electrons. The Morgan fingerprint density at radius 1 is 1.00 bits per heavy atom. The van der Waals surface area contributed by atoms with Gasteiger partial charge in [0.15, 0.2) is 5.13 Å². The average molecular weight is 498 g/mol. The molecule has 2 N–H and O–H groups in total. The van der Waals surface area contributed by atoms with Gasteiger partial charge in [-0.3, -0.25) is 9.59 Å². The largest absolute Gasteiger partial charge is 0.322 e. The number of halogens is 2. The summed E-state index contributed by atoms with van der Waals surface area (Å²) in [7, 11) is 0. The molecule has 0 aliphatic rings. The van der Waals surface area contributed by atoms with Gasteiger partial charge in [0.1, 0.15) is 5.82 Å². The highest BCUT2D eigenvalue weighted by molar-refractivity contribution is 8.00. The Kier molecular flexibility index (Phi) is 7.39. The molecule has 0 bridgehead atoms. The standard InChI is InChI=1S/C24H17ClFN3O2S2/c25-19-10-3-1-8-17(19)21-13-33-24(28-21)29-22(30)14-32-16-7-5-6-15(12-16)27-23(31)18-9-2-4-11-20(18)26/h1-13H,14H2,(H,27,31)(H,28,29,30). The zero-order chi connectivity index (χ0) is 23.2. The Bertz CT molecular complexity index is 1310. The van der Waals surface area contributed by atoms with Gasteiger partial charge in [0.05, 0.1) is 17.0 Å². The second-order valence-electron chi connectivity index (χ2n) is 6.82. The summed E-state index contributed by atoms with van der Waals surface area (Å²) in [5, 5.41) is 8.39. The minimum Gasteiger partial charge on any atom is -0.322 e. The number of thioether (sulfide) groups is 1. The number of carbonyl (C=O) groups excluding carboxylic acids is 2. The van der Waals surface area contributed by atoms with Crippen molar-refractivity contribution in [1.29, 1.82) is 0 Å². The number of nitrogens with zero attached hydrogens (tertiary/aromatic N) is 1. The molecule has 1 heterocycles. The molecule has 0 atom stereocenters. The Balaban J connectivity index is 1.33. The summed E-state index contributed by atoms with van der Waals surface area (Å²) in [5.41, 5.74) is 1.99. The topological polar surface area (TPSA) is 71.1 Å². The van der Waals surface area contributed by atoms with E-state index in [1.54, 1.807) is 30.3 Å². The van der Waals surface area contributed by atoms with Crippen LogP contribution in [0.15, 0.2) is 83.1 Å². The van der Waals surface area contributed by atoms with Crippen LogP contribution in [0.3, 0.4) is 0 Å². The number of carbonyl (C=O) groups is 2. The van der Waals surface area contributed by atoms with Gasteiger partial charge in [-0.2, -0.15) is 0 Å². The first-order valence-corrected chi connectivity index (χ1v) is 12.0. The van der Waals surface area contributed by atoms with Crippen molar-refractivity contribution in [1.82, 2.24) is 4.98 Å². The number of amides is 2. The molecule has 3 aromatic carbocycles. The predicted octanol–water partition coefficient (Wildman–Crippen LogP) is 6.59. The van der Waals surface area contributed by atoms with Crippen molar-refractivity contribution in [2.45, 2.75) is 4.90 Å². The van der Waals surface area contributed by atoms with E-state index in [0.717, 1.165) is 10.5 Å². The molecule has 33 heavy (non-hydrogen) atoms. The average Bonchev–Trinajstić information content (AvgIpc) is 3.26. The third-order valence-corrected chi connectivity index (χ3v) is 6.56. The Hall–Kier alpha value is -3.20. The normalized spacial score (nSPS) is 10.6. The zero-order valence-corrected chi connectivity index (χ0v) is 19.4. The summed E-state index contributed by atoms with van der Waals surface area (Å²) in [6, 6.07) is 20.2. The van der Waals surface area contributed by atoms with E-state index < -0.39 is 11.7 Å². The van der Waals surface area contributed by atoms with Gasteiger partial charge in [-0.25, -0.2) is 9.37 Å². The molecule has 0 aliphatic heterocycles. The predicted molar refractivity (Wildman–Crippen MR) is 133 cm³/mol. The second-order valence-corrected chi connectivity index (χ2v) is 9.13. The van der Waals surface area contributed by atoms with Crippen LogP contribution >= 0.6 is 34.7 Å². The monoisotopic (exact) mass is 497 g/mol. The van der Waals surface area contributed by atoms with Gasteiger partial charge >= 0.3 is 0 Å². The van der Waals surface area contributed by atoms with E-state index in [2.05, 4.69) is 15.6 Å². The molecule has 4 rings (SSSR count). The van der Waals surface area contributed by atoms with Gasteiger partial charge in [0.2, 0.25) is 5.91 Å². The number of hydrogen-bond acceptors (Lipinski definition) is 5. The molecule has 9 heteroatoms. The Morgan fingerprint density at radius 2 is 1.79 bits per heavy atom. The van der Waals surface area contributed by atoms with Crippen LogP contribution in [0, 0.1) is 5.82 Å². The maximum Gasteiger partial charge on any atom is 0.258 e. The van der Waals surface area contributed by atoms with Crippen LogP contribution in [-0.4, -0.2) is 22.6 Å². The van der Waals surface area contributed by atoms with Crippen molar-refractivity contribution >= 4 is 57.3 Å². The number of aromatic nitrogens is 1. The molecule has 0 aliphatic carbocycles. The number of hydrogen-bond donors (Lipinski definition) is 2. The molecule has 0 saturated heterocycles. The van der Waals surface area contributed by atoms with E-state index in [-0.39, 0.29) is 17.2 Å². The van der Waals surface area contributed by atoms with E-state index >= 15 is 0 Å². The number of anilines is 2. The fourth-order valence-electron chi connectivity index (χ4n) is 2.94. The lowest BCUT2D eigenvalue weighted by molar-refractivity contribution is -0.113. The first-order chi connectivity index (χ1) is 16.0. The SMILES string of the molecule is O=C(CSc1cccc(NC(=O)c2ccccc2F)c1)Nc1nc(-c2ccccc2Cl)cs1. The Morgan fingerprint density at radius 3 is 2.61 bits per heavy atom. The summed E-state index contributed by atoms with van der Waals surface area (Å²) in [6.07, 6.45) is 0. The van der Waals surface area contributed by atoms with Gasteiger partial charge in [-0.05, 0) is 36.4 Å². The van der Waals surface area contributed by atoms with E-state index in [1.165, 1.54) is 41.3 Å². The quantitative estimate of drug-likeness (QED) is 0.283. The maximum absolute atomic E-state index is 13.8. The van der Waals surface area contributed by atoms with Gasteiger partial charge < -0.3 is 10.6 Å². The highest BCUT2D eigenvalue weighted by Crippen LogP contribution is 2.30. The van der Waals surface area contributed by atoms with Crippen LogP contribution in [0.25, 0.3) is 11.3 Å². The molecule has 0 unspecified atom stereocenters. The lowest BCUT2D eigenvalue weighted by Gasteiger charge is -2.08. The minimum absolute atomic E-state index is 0.0328. The number of rotatable bonds is 7. The Labute approximate surface area is 203 Å². The van der Waals surface area contributed by atoms with Crippen molar-refractivity contribution in [3.8, 4) is 11.3 Å². The van der Waals surface area contributed by atoms with Gasteiger partial charge in [0, 0.05) is 26.5 Å². The van der Waals surface area contributed by atoms with Crippen molar-refractivity contribution < 1.29 is 14.0 Å². The molecule has 2 amide bonds. The fraction of sp³-hybridized carbons (Fsp3) is 0.0417. The van der Waals surface area contributed by atoms with Crippen LogP contribution in [0.5, 0.6) is 0 Å². The first-order valence-electron chi connectivity index (χ1n) is 9.78. The highest BCUT2D eigenvalue weighted by atomic mass is 35.5. The molecule has 5 nitrogen and oxygen atoms in total. The van der Waals surface area contributed by atoms with E-state index in [4.69, 9.17) is 11.6 Å². The summed E-state index contributed by atoms with van der Waals surface area (Å²) in [6.45, 7) is 0. The van der Waals surface area contributed by atoms with Crippen molar-refractivity contribution in [3.05, 3.63) is 94.6 Å². The minimum atomic E-state index is -0.586. The van der Waals surface area contributed by atoms with Crippen molar-refractivity contribution in [3.63, 3.8) is 0 Å². The molecule has 0 radical (unpaired) electrons. The summed E-state index contributed by atoms with van der Waals surface area (Å²) in [4.78, 5) is 29.9. The third kappa shape index (κ3) is 5.98. The van der Waals surface area contributed by atoms with Crippen LogP contribution in [0.2, 0.25) is 5.02 Å². The smallest absolute Gasteiger partial charge is 0.258 e. The van der Waals surface area contributed by atoms with E-state index in [9.17, 15) is 14.0 Å². The molecule has 4 aromatic rings. The summed E-state index contributed by atoms with van der Waals surface area (Å²) in [5.74, 6) is -1.17. The van der Waals surface area contributed by atoms with Gasteiger partial charge in [0.25, 0.3) is 5.91 Å². The first kappa shape index (κ1) is 23.0. The fourth-order valence-corrected chi connectivity index (χ4v) is 4.65. The van der Waals surface area contributed by atoms with Crippen molar-refractivity contribution in [2.75, 3.05) is 16.4 Å². The van der Waals surface area contributed by atoms with Crippen LogP contribution in [0.4, 0.5) is 15.2 Å². The zero-order valence-electron chi connectivity index (χ0n) is 17.0. The summed E-state index contributed by atoms with van der Waals surface area (Å²) < 4.78 is 13.8. The van der Waals surface area contributed by atoms with E-state index in [0.29, 0.717) is 21.5 Å². The van der Waals surface area contributed by atoms with Crippen LogP contribution < -0.4 is 10.6 Å². The van der Waals surface area contributed by atoms with Gasteiger partial charge in [-0.1, -0.05) is 48.0 Å². The molecule has 0 saturated carbocycles. The molecule has 0 spiro atoms. The third-order valence-electron chi connectivity index (χ3n) is 4.48. The number of benzene rings is 3. The number of nitrogens with one attached hydrogen (secondary N) is 2. The molecular weight excluding hydrogens is 481 g/mol. The molecule has 1 aromatic heterocycles. The molecule has 0 fully saturated rings. The van der Waals surface area contributed by atoms with E-state index in [1.807, 2.05) is 29.6 Å². The number of thiazole rings is 1. The summed E-state index contributed by atoms with van der Waals surface area (Å²) >= 11 is 8.84. The van der Waals surface area contributed by atoms with Crippen molar-refractivity contribution in [2.24, 2.45) is 0 Å². The maximum atomic E-state index is 13.8. The lowest BCUT2D eigenvalue weighted by atomic mass is 10.2. The van der Waals surface area contributed by atoms with Crippen LogP contribution in [-0.2, 0) is 4.79 Å². The molecular formula is C24H17ClFN3O2S2.